The van der Waals surface area contributed by atoms with Crippen molar-refractivity contribution in [2.75, 3.05) is 31.3 Å². The first-order valence-corrected chi connectivity index (χ1v) is 13.7. The molecular weight excluding hydrogens is 513 g/mol. The fraction of sp³-hybridized carbons (Fsp3) is 0.417. The van der Waals surface area contributed by atoms with Crippen LogP contribution in [-0.4, -0.2) is 58.1 Å². The van der Waals surface area contributed by atoms with Gasteiger partial charge in [0.05, 0.1) is 19.1 Å². The third-order valence-corrected chi connectivity index (χ3v) is 7.42. The van der Waals surface area contributed by atoms with Crippen molar-refractivity contribution in [3.8, 4) is 5.75 Å². The number of likely N-dealkylation sites (N-methyl/N-ethyl adjacent to an activating group) is 1. The number of sulfonamides is 1. The van der Waals surface area contributed by atoms with Gasteiger partial charge in [-0.15, -0.1) is 0 Å². The number of rotatable bonds is 12. The highest BCUT2D eigenvalue weighted by Crippen LogP contribution is 2.28. The maximum Gasteiger partial charge on any atom is 0.242 e. The van der Waals surface area contributed by atoms with Crippen LogP contribution in [0.15, 0.2) is 42.5 Å². The van der Waals surface area contributed by atoms with Gasteiger partial charge in [-0.25, -0.2) is 8.42 Å². The van der Waals surface area contributed by atoms with E-state index in [1.54, 1.807) is 42.5 Å². The Morgan fingerprint density at radius 3 is 2.29 bits per heavy atom. The van der Waals surface area contributed by atoms with Gasteiger partial charge in [0, 0.05) is 48.2 Å². The quantitative estimate of drug-likeness (QED) is 0.434. The summed E-state index contributed by atoms with van der Waals surface area (Å²) in [4.78, 5) is 27.3. The summed E-state index contributed by atoms with van der Waals surface area (Å²) in [5.41, 5.74) is 0.983. The molecule has 2 aromatic carbocycles. The Bertz CT molecular complexity index is 1120. The molecule has 11 heteroatoms. The van der Waals surface area contributed by atoms with E-state index in [9.17, 15) is 18.0 Å². The molecule has 35 heavy (non-hydrogen) atoms. The highest BCUT2D eigenvalue weighted by Gasteiger charge is 2.29. The number of methoxy groups -OCH3 is 1. The van der Waals surface area contributed by atoms with Crippen LogP contribution in [0.4, 0.5) is 5.69 Å². The van der Waals surface area contributed by atoms with Gasteiger partial charge >= 0.3 is 0 Å². The predicted molar refractivity (Wildman–Crippen MR) is 140 cm³/mol. The number of halogens is 2. The zero-order valence-corrected chi connectivity index (χ0v) is 22.6. The van der Waals surface area contributed by atoms with Crippen molar-refractivity contribution in [1.29, 1.82) is 0 Å². The molecule has 0 radical (unpaired) electrons. The molecule has 0 aromatic heterocycles. The van der Waals surface area contributed by atoms with Crippen LogP contribution in [-0.2, 0) is 26.2 Å². The maximum absolute atomic E-state index is 13.3. The molecule has 0 fully saturated rings. The van der Waals surface area contributed by atoms with Gasteiger partial charge in [-0.1, -0.05) is 42.3 Å². The minimum atomic E-state index is -3.61. The molecule has 2 aromatic rings. The van der Waals surface area contributed by atoms with E-state index in [-0.39, 0.29) is 37.7 Å². The molecule has 1 atom stereocenters. The third kappa shape index (κ3) is 7.75. The van der Waals surface area contributed by atoms with Gasteiger partial charge in [-0.2, -0.15) is 0 Å². The van der Waals surface area contributed by atoms with Crippen LogP contribution >= 0.6 is 23.2 Å². The molecule has 0 aliphatic rings. The van der Waals surface area contributed by atoms with Gasteiger partial charge in [0.25, 0.3) is 0 Å². The van der Waals surface area contributed by atoms with Crippen molar-refractivity contribution in [3.05, 3.63) is 58.1 Å². The second-order valence-corrected chi connectivity index (χ2v) is 10.6. The van der Waals surface area contributed by atoms with Gasteiger partial charge in [-0.3, -0.25) is 13.9 Å². The Morgan fingerprint density at radius 1 is 1.11 bits per heavy atom. The molecule has 1 unspecified atom stereocenters. The van der Waals surface area contributed by atoms with Gasteiger partial charge in [0.1, 0.15) is 11.8 Å². The first kappa shape index (κ1) is 28.7. The molecule has 0 heterocycles. The van der Waals surface area contributed by atoms with Gasteiger partial charge < -0.3 is 15.0 Å². The van der Waals surface area contributed by atoms with Gasteiger partial charge in [0.15, 0.2) is 0 Å². The molecule has 0 spiro atoms. The summed E-state index contributed by atoms with van der Waals surface area (Å²) in [6.45, 7) is 1.94. The molecule has 0 saturated heterocycles. The summed E-state index contributed by atoms with van der Waals surface area (Å²) >= 11 is 12.6. The van der Waals surface area contributed by atoms with Crippen molar-refractivity contribution >= 4 is 50.7 Å². The summed E-state index contributed by atoms with van der Waals surface area (Å²) in [7, 11) is -0.598. The van der Waals surface area contributed by atoms with E-state index >= 15 is 0 Å². The smallest absolute Gasteiger partial charge is 0.242 e. The zero-order chi connectivity index (χ0) is 26.2. The maximum atomic E-state index is 13.3. The summed E-state index contributed by atoms with van der Waals surface area (Å²) in [6.07, 6.45) is 1.75. The largest absolute Gasteiger partial charge is 0.497 e. The average molecular weight is 545 g/mol. The lowest BCUT2D eigenvalue weighted by molar-refractivity contribution is -0.141. The van der Waals surface area contributed by atoms with Crippen LogP contribution in [0.1, 0.15) is 31.7 Å². The van der Waals surface area contributed by atoms with Crippen molar-refractivity contribution in [2.24, 2.45) is 0 Å². The topological polar surface area (TPSA) is 96.0 Å². The van der Waals surface area contributed by atoms with Crippen LogP contribution in [0.2, 0.25) is 10.0 Å². The number of ether oxygens (including phenoxy) is 1. The van der Waals surface area contributed by atoms with Crippen LogP contribution < -0.4 is 14.4 Å². The van der Waals surface area contributed by atoms with Gasteiger partial charge in [0.2, 0.25) is 21.8 Å². The standard InChI is InChI=1S/C24H31Cl2N3O5S/c1-5-22(24(31)27-2)28(16-19-20(25)11-7-12-21(19)26)23(30)13-8-14-29(35(4,32)33)17-9-6-10-18(15-17)34-3/h6-7,9-12,15,22H,5,8,13-14,16H2,1-4H3,(H,27,31). The minimum Gasteiger partial charge on any atom is -0.497 e. The first-order valence-electron chi connectivity index (χ1n) is 11.1. The van der Waals surface area contributed by atoms with Crippen LogP contribution in [0, 0.1) is 0 Å². The Hall–Kier alpha value is -2.49. The number of anilines is 1. The molecule has 0 aliphatic heterocycles. The molecule has 2 rings (SSSR count). The Kier molecular flexibility index (Phi) is 10.7. The number of hydrogen-bond donors (Lipinski definition) is 1. The molecule has 0 aliphatic carbocycles. The molecule has 8 nitrogen and oxygen atoms in total. The van der Waals surface area contributed by atoms with E-state index in [0.29, 0.717) is 33.5 Å². The minimum absolute atomic E-state index is 0.0194. The van der Waals surface area contributed by atoms with E-state index in [1.165, 1.54) is 23.4 Å². The molecular formula is C24H31Cl2N3O5S. The predicted octanol–water partition coefficient (Wildman–Crippen LogP) is 4.10. The molecule has 1 N–H and O–H groups in total. The van der Waals surface area contributed by atoms with Crippen LogP contribution in [0.25, 0.3) is 0 Å². The SMILES string of the molecule is CCC(C(=O)NC)N(Cc1c(Cl)cccc1Cl)C(=O)CCCN(c1cccc(OC)c1)S(C)(=O)=O. The molecule has 0 bridgehead atoms. The summed E-state index contributed by atoms with van der Waals surface area (Å²) in [5, 5.41) is 3.38. The summed E-state index contributed by atoms with van der Waals surface area (Å²) < 4.78 is 31.3. The number of amides is 2. The lowest BCUT2D eigenvalue weighted by atomic mass is 10.1. The van der Waals surface area contributed by atoms with E-state index < -0.39 is 16.1 Å². The summed E-state index contributed by atoms with van der Waals surface area (Å²) in [5.74, 6) is -0.0971. The highest BCUT2D eigenvalue weighted by atomic mass is 35.5. The van der Waals surface area contributed by atoms with Crippen molar-refractivity contribution in [3.63, 3.8) is 0 Å². The number of hydrogen-bond acceptors (Lipinski definition) is 5. The fourth-order valence-corrected chi connectivity index (χ4v) is 5.18. The second-order valence-electron chi connectivity index (χ2n) is 7.90. The molecule has 2 amide bonds. The van der Waals surface area contributed by atoms with Gasteiger partial charge in [-0.05, 0) is 37.1 Å². The third-order valence-electron chi connectivity index (χ3n) is 5.52. The second kappa shape index (κ2) is 13.0. The number of benzene rings is 2. The number of carbonyl (C=O) groups excluding carboxylic acids is 2. The Balaban J connectivity index is 2.25. The normalized spacial score (nSPS) is 12.1. The monoisotopic (exact) mass is 543 g/mol. The van der Waals surface area contributed by atoms with E-state index in [1.807, 2.05) is 6.92 Å². The summed E-state index contributed by atoms with van der Waals surface area (Å²) in [6, 6.07) is 11.0. The van der Waals surface area contributed by atoms with E-state index in [0.717, 1.165) is 6.26 Å². The van der Waals surface area contributed by atoms with E-state index in [4.69, 9.17) is 27.9 Å². The average Bonchev–Trinajstić information content (AvgIpc) is 2.82. The van der Waals surface area contributed by atoms with Crippen molar-refractivity contribution < 1.29 is 22.7 Å². The van der Waals surface area contributed by atoms with Crippen LogP contribution in [0.3, 0.4) is 0 Å². The number of carbonyl (C=O) groups is 2. The Morgan fingerprint density at radius 2 is 1.74 bits per heavy atom. The zero-order valence-electron chi connectivity index (χ0n) is 20.3. The van der Waals surface area contributed by atoms with Crippen molar-refractivity contribution in [2.45, 2.75) is 38.8 Å². The van der Waals surface area contributed by atoms with Crippen molar-refractivity contribution in [1.82, 2.24) is 10.2 Å². The molecule has 0 saturated carbocycles. The highest BCUT2D eigenvalue weighted by molar-refractivity contribution is 7.92. The Labute approximate surface area is 217 Å². The number of nitrogens with zero attached hydrogens (tertiary/aromatic N) is 2. The number of nitrogens with one attached hydrogen (secondary N) is 1. The lowest BCUT2D eigenvalue weighted by Gasteiger charge is -2.31. The van der Waals surface area contributed by atoms with E-state index in [2.05, 4.69) is 5.32 Å². The first-order chi connectivity index (χ1) is 16.5. The lowest BCUT2D eigenvalue weighted by Crippen LogP contribution is -2.48. The van der Waals surface area contributed by atoms with Crippen LogP contribution in [0.5, 0.6) is 5.75 Å². The molecule has 192 valence electrons. The fourth-order valence-electron chi connectivity index (χ4n) is 3.71.